The van der Waals surface area contributed by atoms with Crippen molar-refractivity contribution >= 4 is 29.2 Å². The highest BCUT2D eigenvalue weighted by molar-refractivity contribution is 6.33. The molecule has 0 fully saturated rings. The summed E-state index contributed by atoms with van der Waals surface area (Å²) in [6.45, 7) is 4.93. The largest absolute Gasteiger partial charge is 0.482 e. The van der Waals surface area contributed by atoms with E-state index >= 15 is 0 Å². The SMILES string of the molecule is Cc1ccc(OCC(=O)O[C@@H](C)C(=O)Nc2ccc(F)cc2Cl)c(C)c1. The van der Waals surface area contributed by atoms with E-state index in [-0.39, 0.29) is 17.3 Å². The van der Waals surface area contributed by atoms with Crippen LogP contribution in [0.5, 0.6) is 5.75 Å². The summed E-state index contributed by atoms with van der Waals surface area (Å²) in [5.74, 6) is -1.21. The fourth-order valence-electron chi connectivity index (χ4n) is 2.21. The minimum absolute atomic E-state index is 0.0510. The maximum Gasteiger partial charge on any atom is 0.344 e. The summed E-state index contributed by atoms with van der Waals surface area (Å²) < 4.78 is 23.5. The van der Waals surface area contributed by atoms with E-state index in [9.17, 15) is 14.0 Å². The van der Waals surface area contributed by atoms with E-state index in [2.05, 4.69) is 5.32 Å². The van der Waals surface area contributed by atoms with Gasteiger partial charge >= 0.3 is 5.97 Å². The summed E-state index contributed by atoms with van der Waals surface area (Å²) in [4.78, 5) is 23.9. The molecule has 1 atom stereocenters. The van der Waals surface area contributed by atoms with E-state index in [1.165, 1.54) is 13.0 Å². The second-order valence-corrected chi connectivity index (χ2v) is 6.21. The number of esters is 1. The predicted molar refractivity (Wildman–Crippen MR) is 97.0 cm³/mol. The Hall–Kier alpha value is -2.60. The van der Waals surface area contributed by atoms with Crippen LogP contribution in [0.4, 0.5) is 10.1 Å². The summed E-state index contributed by atoms with van der Waals surface area (Å²) in [5.41, 5.74) is 2.21. The van der Waals surface area contributed by atoms with Crippen LogP contribution in [-0.4, -0.2) is 24.6 Å². The number of halogens is 2. The molecule has 2 aromatic carbocycles. The Morgan fingerprint density at radius 3 is 2.58 bits per heavy atom. The molecule has 0 saturated heterocycles. The van der Waals surface area contributed by atoms with Gasteiger partial charge in [0.15, 0.2) is 12.7 Å². The number of aryl methyl sites for hydroxylation is 2. The van der Waals surface area contributed by atoms with Crippen molar-refractivity contribution in [2.24, 2.45) is 0 Å². The summed E-state index contributed by atoms with van der Waals surface area (Å²) >= 11 is 5.84. The molecule has 0 aliphatic rings. The number of anilines is 1. The third kappa shape index (κ3) is 5.46. The minimum atomic E-state index is -1.06. The smallest absolute Gasteiger partial charge is 0.344 e. The molecular formula is C19H19ClFNO4. The van der Waals surface area contributed by atoms with Crippen molar-refractivity contribution in [1.29, 1.82) is 0 Å². The fourth-order valence-corrected chi connectivity index (χ4v) is 2.42. The van der Waals surface area contributed by atoms with E-state index < -0.39 is 23.8 Å². The lowest BCUT2D eigenvalue weighted by Crippen LogP contribution is -2.31. The van der Waals surface area contributed by atoms with Crippen LogP contribution < -0.4 is 10.1 Å². The molecule has 0 saturated carbocycles. The standard InChI is InChI=1S/C19H19ClFNO4/c1-11-4-7-17(12(2)8-11)25-10-18(23)26-13(3)19(24)22-16-6-5-14(21)9-15(16)20/h4-9,13H,10H2,1-3H3,(H,22,24)/t13-/m0/s1. The molecule has 0 spiro atoms. The third-order valence-corrected chi connectivity index (χ3v) is 3.86. The normalized spacial score (nSPS) is 11.6. The molecular weight excluding hydrogens is 361 g/mol. The second-order valence-electron chi connectivity index (χ2n) is 5.80. The quantitative estimate of drug-likeness (QED) is 0.769. The number of rotatable bonds is 6. The van der Waals surface area contributed by atoms with Gasteiger partial charge in [-0.3, -0.25) is 4.79 Å². The number of carbonyl (C=O) groups is 2. The molecule has 0 unspecified atom stereocenters. The van der Waals surface area contributed by atoms with Gasteiger partial charge in [-0.2, -0.15) is 0 Å². The second kappa shape index (κ2) is 8.67. The number of ether oxygens (including phenoxy) is 2. The Labute approximate surface area is 156 Å². The number of hydrogen-bond donors (Lipinski definition) is 1. The Bertz CT molecular complexity index is 825. The Balaban J connectivity index is 1.86. The minimum Gasteiger partial charge on any atom is -0.482 e. The highest BCUT2D eigenvalue weighted by Crippen LogP contribution is 2.23. The van der Waals surface area contributed by atoms with Gasteiger partial charge in [-0.1, -0.05) is 29.3 Å². The Kier molecular flexibility index (Phi) is 6.58. The van der Waals surface area contributed by atoms with Crippen molar-refractivity contribution in [3.8, 4) is 5.75 Å². The molecule has 5 nitrogen and oxygen atoms in total. The van der Waals surface area contributed by atoms with Gasteiger partial charge in [-0.05, 0) is 50.6 Å². The maximum atomic E-state index is 13.0. The molecule has 0 radical (unpaired) electrons. The summed E-state index contributed by atoms with van der Waals surface area (Å²) in [6, 6.07) is 9.14. The van der Waals surface area contributed by atoms with Crippen molar-refractivity contribution in [3.05, 3.63) is 58.4 Å². The zero-order valence-electron chi connectivity index (χ0n) is 14.6. The molecule has 1 amide bonds. The van der Waals surface area contributed by atoms with Gasteiger partial charge in [-0.15, -0.1) is 0 Å². The molecule has 26 heavy (non-hydrogen) atoms. The Morgan fingerprint density at radius 2 is 1.92 bits per heavy atom. The van der Waals surface area contributed by atoms with Gasteiger partial charge in [0, 0.05) is 0 Å². The van der Waals surface area contributed by atoms with Crippen LogP contribution in [0.25, 0.3) is 0 Å². The van der Waals surface area contributed by atoms with Crippen LogP contribution in [0.3, 0.4) is 0 Å². The lowest BCUT2D eigenvalue weighted by molar-refractivity contribution is -0.155. The first kappa shape index (κ1) is 19.7. The van der Waals surface area contributed by atoms with Crippen LogP contribution in [0.15, 0.2) is 36.4 Å². The molecule has 2 rings (SSSR count). The van der Waals surface area contributed by atoms with Crippen LogP contribution in [0, 0.1) is 19.7 Å². The first-order chi connectivity index (χ1) is 12.3. The number of nitrogens with one attached hydrogen (secondary N) is 1. The third-order valence-electron chi connectivity index (χ3n) is 3.54. The van der Waals surface area contributed by atoms with Crippen LogP contribution in [0.1, 0.15) is 18.1 Å². The van der Waals surface area contributed by atoms with Crippen molar-refractivity contribution in [3.63, 3.8) is 0 Å². The first-order valence-corrected chi connectivity index (χ1v) is 8.29. The molecule has 138 valence electrons. The zero-order chi connectivity index (χ0) is 19.3. The van der Waals surface area contributed by atoms with E-state index in [0.717, 1.165) is 23.3 Å². The molecule has 0 aliphatic carbocycles. The molecule has 7 heteroatoms. The summed E-state index contributed by atoms with van der Waals surface area (Å²) in [5, 5.41) is 2.53. The van der Waals surface area contributed by atoms with Gasteiger partial charge in [0.2, 0.25) is 0 Å². The molecule has 0 bridgehead atoms. The van der Waals surface area contributed by atoms with Crippen LogP contribution >= 0.6 is 11.6 Å². The van der Waals surface area contributed by atoms with Gasteiger partial charge in [0.05, 0.1) is 10.7 Å². The van der Waals surface area contributed by atoms with Gasteiger partial charge < -0.3 is 14.8 Å². The number of benzene rings is 2. The molecule has 1 N–H and O–H groups in total. The fraction of sp³-hybridized carbons (Fsp3) is 0.263. The number of hydrogen-bond acceptors (Lipinski definition) is 4. The van der Waals surface area contributed by atoms with Crippen molar-refractivity contribution < 1.29 is 23.5 Å². The van der Waals surface area contributed by atoms with E-state index in [0.29, 0.717) is 5.75 Å². The highest BCUT2D eigenvalue weighted by Gasteiger charge is 2.19. The van der Waals surface area contributed by atoms with Crippen LogP contribution in [0.2, 0.25) is 5.02 Å². The zero-order valence-corrected chi connectivity index (χ0v) is 15.4. The van der Waals surface area contributed by atoms with E-state index in [1.54, 1.807) is 6.07 Å². The molecule has 0 aromatic heterocycles. The topological polar surface area (TPSA) is 64.6 Å². The monoisotopic (exact) mass is 379 g/mol. The average molecular weight is 380 g/mol. The lowest BCUT2D eigenvalue weighted by Gasteiger charge is -2.15. The highest BCUT2D eigenvalue weighted by atomic mass is 35.5. The van der Waals surface area contributed by atoms with Crippen molar-refractivity contribution in [2.45, 2.75) is 26.9 Å². The molecule has 2 aromatic rings. The Morgan fingerprint density at radius 1 is 1.19 bits per heavy atom. The van der Waals surface area contributed by atoms with E-state index in [4.69, 9.17) is 21.1 Å². The summed E-state index contributed by atoms with van der Waals surface area (Å²) in [6.07, 6.45) is -1.06. The number of carbonyl (C=O) groups excluding carboxylic acids is 2. The van der Waals surface area contributed by atoms with Crippen molar-refractivity contribution in [1.82, 2.24) is 0 Å². The van der Waals surface area contributed by atoms with Gasteiger partial charge in [-0.25, -0.2) is 9.18 Å². The van der Waals surface area contributed by atoms with Crippen molar-refractivity contribution in [2.75, 3.05) is 11.9 Å². The average Bonchev–Trinajstić information content (AvgIpc) is 2.56. The lowest BCUT2D eigenvalue weighted by atomic mass is 10.1. The van der Waals surface area contributed by atoms with Crippen LogP contribution in [-0.2, 0) is 14.3 Å². The number of amides is 1. The molecule has 0 aliphatic heterocycles. The summed E-state index contributed by atoms with van der Waals surface area (Å²) in [7, 11) is 0. The maximum absolute atomic E-state index is 13.0. The van der Waals surface area contributed by atoms with E-state index in [1.807, 2.05) is 26.0 Å². The first-order valence-electron chi connectivity index (χ1n) is 7.91. The van der Waals surface area contributed by atoms with Gasteiger partial charge in [0.1, 0.15) is 11.6 Å². The van der Waals surface area contributed by atoms with Gasteiger partial charge in [0.25, 0.3) is 5.91 Å². The molecule has 0 heterocycles. The predicted octanol–water partition coefficient (Wildman–Crippen LogP) is 4.05.